The molecule has 4 aromatic heterocycles. The fraction of sp³-hybridized carbons (Fsp3) is 0.316. The maximum atomic E-state index is 13.1. The maximum absolute atomic E-state index is 13.1. The molecular formula is C19H16F2N4OS. The second-order valence-electron chi connectivity index (χ2n) is 7.14. The Morgan fingerprint density at radius 1 is 1.30 bits per heavy atom. The quantitative estimate of drug-likeness (QED) is 0.569. The molecule has 0 radical (unpaired) electrons. The van der Waals surface area contributed by atoms with Crippen molar-refractivity contribution in [2.75, 3.05) is 0 Å². The second-order valence-corrected chi connectivity index (χ2v) is 8.25. The van der Waals surface area contributed by atoms with Crippen LogP contribution >= 0.6 is 11.3 Å². The zero-order chi connectivity index (χ0) is 18.8. The number of nitrogens with zero attached hydrogens (tertiary/aromatic N) is 4. The van der Waals surface area contributed by atoms with Crippen LogP contribution < -0.4 is 0 Å². The summed E-state index contributed by atoms with van der Waals surface area (Å²) in [5.41, 5.74) is 3.09. The third kappa shape index (κ3) is 2.89. The molecular weight excluding hydrogens is 370 g/mol. The van der Waals surface area contributed by atoms with Gasteiger partial charge in [-0.1, -0.05) is 0 Å². The maximum Gasteiger partial charge on any atom is 0.248 e. The summed E-state index contributed by atoms with van der Waals surface area (Å²) in [6, 6.07) is 7.65. The van der Waals surface area contributed by atoms with Crippen LogP contribution in [-0.2, 0) is 7.05 Å². The van der Waals surface area contributed by atoms with E-state index in [1.165, 1.54) is 11.3 Å². The molecule has 0 aliphatic heterocycles. The van der Waals surface area contributed by atoms with Crippen LogP contribution in [0.25, 0.3) is 32.5 Å². The molecule has 1 aliphatic carbocycles. The van der Waals surface area contributed by atoms with Gasteiger partial charge in [-0.15, -0.1) is 11.3 Å². The van der Waals surface area contributed by atoms with Gasteiger partial charge in [0.1, 0.15) is 0 Å². The number of aryl methyl sites for hydroxylation is 1. The molecule has 1 N–H and O–H groups in total. The summed E-state index contributed by atoms with van der Waals surface area (Å²) in [5, 5.41) is 15.6. The highest BCUT2D eigenvalue weighted by Crippen LogP contribution is 2.49. The van der Waals surface area contributed by atoms with Crippen LogP contribution in [0.4, 0.5) is 8.78 Å². The van der Waals surface area contributed by atoms with Gasteiger partial charge in [0.25, 0.3) is 0 Å². The van der Waals surface area contributed by atoms with Crippen molar-refractivity contribution >= 4 is 32.6 Å². The van der Waals surface area contributed by atoms with Crippen LogP contribution in [0, 0.1) is 5.92 Å². The van der Waals surface area contributed by atoms with Gasteiger partial charge in [-0.05, 0) is 24.3 Å². The first-order chi connectivity index (χ1) is 12.9. The second kappa shape index (κ2) is 5.77. The molecule has 0 aromatic carbocycles. The van der Waals surface area contributed by atoms with Gasteiger partial charge in [-0.3, -0.25) is 4.68 Å². The Hall–Kier alpha value is -2.45. The molecule has 1 fully saturated rings. The lowest BCUT2D eigenvalue weighted by atomic mass is 9.77. The predicted octanol–water partition coefficient (Wildman–Crippen LogP) is 4.32. The van der Waals surface area contributed by atoms with Gasteiger partial charge in [-0.2, -0.15) is 5.10 Å². The smallest absolute Gasteiger partial charge is 0.248 e. The Labute approximate surface area is 157 Å². The number of rotatable bonds is 3. The number of pyridine rings is 2. The number of hydrogen-bond donors (Lipinski definition) is 1. The molecule has 0 saturated heterocycles. The van der Waals surface area contributed by atoms with Crippen LogP contribution in [0.3, 0.4) is 0 Å². The average Bonchev–Trinajstić information content (AvgIpc) is 3.19. The molecule has 4 aromatic rings. The summed E-state index contributed by atoms with van der Waals surface area (Å²) in [5.74, 6) is -3.02. The average molecular weight is 386 g/mol. The van der Waals surface area contributed by atoms with E-state index in [1.54, 1.807) is 16.9 Å². The molecule has 4 heterocycles. The first-order valence-corrected chi connectivity index (χ1v) is 9.46. The van der Waals surface area contributed by atoms with Gasteiger partial charge >= 0.3 is 0 Å². The SMILES string of the molecule is Cn1cc2cc(-c3ccc4sc([C@@H](O)C5CC(F)(F)C5)cc4n3)cnc2n1. The highest BCUT2D eigenvalue weighted by Gasteiger charge is 2.48. The van der Waals surface area contributed by atoms with Crippen LogP contribution in [0.15, 0.2) is 36.7 Å². The molecule has 1 saturated carbocycles. The monoisotopic (exact) mass is 386 g/mol. The van der Waals surface area contributed by atoms with Gasteiger partial charge in [0.2, 0.25) is 5.92 Å². The Morgan fingerprint density at radius 2 is 2.11 bits per heavy atom. The molecule has 27 heavy (non-hydrogen) atoms. The van der Waals surface area contributed by atoms with E-state index < -0.39 is 12.0 Å². The van der Waals surface area contributed by atoms with Crippen molar-refractivity contribution in [2.24, 2.45) is 13.0 Å². The standard InChI is InChI=1S/C19H16F2N4OS/c1-25-9-11-4-10(8-22-18(11)24-25)13-2-3-15-14(23-13)5-16(27-15)17(26)12-6-19(20,21)7-12/h2-5,8-9,12,17,26H,6-7H2,1H3/t17-/m0/s1. The number of aliphatic hydroxyl groups is 1. The van der Waals surface area contributed by atoms with Crippen molar-refractivity contribution in [3.8, 4) is 11.3 Å². The minimum absolute atomic E-state index is 0.252. The van der Waals surface area contributed by atoms with Crippen LogP contribution in [-0.4, -0.2) is 30.8 Å². The summed E-state index contributed by atoms with van der Waals surface area (Å²) in [6.07, 6.45) is 2.27. The highest BCUT2D eigenvalue weighted by molar-refractivity contribution is 7.19. The summed E-state index contributed by atoms with van der Waals surface area (Å²) in [4.78, 5) is 9.74. The molecule has 1 atom stereocenters. The van der Waals surface area contributed by atoms with Crippen molar-refractivity contribution < 1.29 is 13.9 Å². The van der Waals surface area contributed by atoms with Gasteiger partial charge in [-0.25, -0.2) is 18.7 Å². The number of aliphatic hydroxyl groups excluding tert-OH is 1. The summed E-state index contributed by atoms with van der Waals surface area (Å²) >= 11 is 1.41. The van der Waals surface area contributed by atoms with E-state index in [0.717, 1.165) is 26.9 Å². The van der Waals surface area contributed by atoms with Gasteiger partial charge in [0.15, 0.2) is 5.65 Å². The molecule has 138 valence electrons. The van der Waals surface area contributed by atoms with Crippen molar-refractivity contribution in [3.05, 3.63) is 41.5 Å². The lowest BCUT2D eigenvalue weighted by molar-refractivity contribution is -0.141. The zero-order valence-corrected chi connectivity index (χ0v) is 15.2. The zero-order valence-electron chi connectivity index (χ0n) is 14.4. The van der Waals surface area contributed by atoms with E-state index in [-0.39, 0.29) is 18.8 Å². The third-order valence-corrected chi connectivity index (χ3v) is 6.18. The lowest BCUT2D eigenvalue weighted by Gasteiger charge is -2.37. The number of halogens is 2. The van der Waals surface area contributed by atoms with Crippen molar-refractivity contribution in [2.45, 2.75) is 24.9 Å². The summed E-state index contributed by atoms with van der Waals surface area (Å²) in [6.45, 7) is 0. The Balaban J connectivity index is 1.47. The lowest BCUT2D eigenvalue weighted by Crippen LogP contribution is -2.38. The molecule has 5 nitrogen and oxygen atoms in total. The van der Waals surface area contributed by atoms with E-state index in [0.29, 0.717) is 10.5 Å². The fourth-order valence-corrected chi connectivity index (χ4v) is 4.67. The van der Waals surface area contributed by atoms with Crippen molar-refractivity contribution in [1.29, 1.82) is 0 Å². The molecule has 0 amide bonds. The van der Waals surface area contributed by atoms with E-state index in [9.17, 15) is 13.9 Å². The molecule has 0 unspecified atom stereocenters. The van der Waals surface area contributed by atoms with Crippen LogP contribution in [0.2, 0.25) is 0 Å². The van der Waals surface area contributed by atoms with Gasteiger partial charge in [0.05, 0.1) is 22.0 Å². The summed E-state index contributed by atoms with van der Waals surface area (Å²) < 4.78 is 28.8. The molecule has 0 bridgehead atoms. The van der Waals surface area contributed by atoms with Gasteiger partial charge < -0.3 is 5.11 Å². The molecule has 5 rings (SSSR count). The third-order valence-electron chi connectivity index (χ3n) is 5.02. The Morgan fingerprint density at radius 3 is 2.89 bits per heavy atom. The van der Waals surface area contributed by atoms with Crippen molar-refractivity contribution in [1.82, 2.24) is 19.7 Å². The fourth-order valence-electron chi connectivity index (χ4n) is 3.59. The largest absolute Gasteiger partial charge is 0.387 e. The van der Waals surface area contributed by atoms with Crippen molar-refractivity contribution in [3.63, 3.8) is 0 Å². The first-order valence-electron chi connectivity index (χ1n) is 8.64. The Kier molecular flexibility index (Phi) is 3.57. The number of hydrogen-bond acceptors (Lipinski definition) is 5. The van der Waals surface area contributed by atoms with E-state index >= 15 is 0 Å². The normalized spacial score (nSPS) is 18.1. The molecule has 0 spiro atoms. The van der Waals surface area contributed by atoms with E-state index in [2.05, 4.69) is 15.1 Å². The molecule has 1 aliphatic rings. The number of fused-ring (bicyclic) bond motifs is 2. The topological polar surface area (TPSA) is 63.8 Å². The Bertz CT molecular complexity index is 1160. The first kappa shape index (κ1) is 16.7. The van der Waals surface area contributed by atoms with Crippen LogP contribution in [0.5, 0.6) is 0 Å². The summed E-state index contributed by atoms with van der Waals surface area (Å²) in [7, 11) is 1.85. The minimum Gasteiger partial charge on any atom is -0.387 e. The van der Waals surface area contributed by atoms with Crippen LogP contribution in [0.1, 0.15) is 23.8 Å². The predicted molar refractivity (Wildman–Crippen MR) is 99.8 cm³/mol. The number of alkyl halides is 2. The molecule has 8 heteroatoms. The van der Waals surface area contributed by atoms with Gasteiger partial charge in [0, 0.05) is 54.0 Å². The van der Waals surface area contributed by atoms with E-state index in [1.807, 2.05) is 31.4 Å². The van der Waals surface area contributed by atoms with E-state index in [4.69, 9.17) is 0 Å². The highest BCUT2D eigenvalue weighted by atomic mass is 32.1. The minimum atomic E-state index is -2.63. The number of aromatic nitrogens is 4. The number of thiophene rings is 1.